The molecule has 0 amide bonds. The minimum Gasteiger partial charge on any atom is -0.233 e. The molecule has 5 aromatic rings. The molecule has 0 N–H and O–H groups in total. The van der Waals surface area contributed by atoms with Crippen LogP contribution in [0.4, 0.5) is 0 Å². The van der Waals surface area contributed by atoms with Crippen LogP contribution in [0.3, 0.4) is 0 Å². The number of hydrogen-bond donors (Lipinski definition) is 0. The second-order valence-corrected chi connectivity index (χ2v) is 9.78. The highest BCUT2D eigenvalue weighted by Crippen LogP contribution is 2.41. The van der Waals surface area contributed by atoms with E-state index in [1.807, 2.05) is 24.4 Å². The third kappa shape index (κ3) is 3.96. The van der Waals surface area contributed by atoms with Crippen LogP contribution in [0.1, 0.15) is 39.3 Å². The summed E-state index contributed by atoms with van der Waals surface area (Å²) in [4.78, 5) is 0. The molecule has 2 aromatic heterocycles. The second-order valence-electron chi connectivity index (χ2n) is 9.78. The maximum atomic E-state index is 5.20. The van der Waals surface area contributed by atoms with Crippen molar-refractivity contribution < 1.29 is 0 Å². The summed E-state index contributed by atoms with van der Waals surface area (Å²) in [6.45, 7) is 9.11. The topological polar surface area (TPSA) is 35.6 Å². The highest BCUT2D eigenvalue weighted by molar-refractivity contribution is 5.83. The summed E-state index contributed by atoms with van der Waals surface area (Å²) < 4.78 is 4.16. The molecule has 0 aliphatic rings. The molecule has 0 aliphatic heterocycles. The van der Waals surface area contributed by atoms with Crippen molar-refractivity contribution in [3.63, 3.8) is 0 Å². The molecule has 170 valence electrons. The third-order valence-corrected chi connectivity index (χ3v) is 6.58. The predicted octanol–water partition coefficient (Wildman–Crippen LogP) is 7.54. The van der Waals surface area contributed by atoms with Gasteiger partial charge in [-0.3, -0.25) is 0 Å². The Bertz CT molecular complexity index is 1370. The van der Waals surface area contributed by atoms with Crippen molar-refractivity contribution in [3.8, 4) is 33.9 Å². The summed E-state index contributed by atoms with van der Waals surface area (Å²) in [6.07, 6.45) is 1.90. The van der Waals surface area contributed by atoms with Gasteiger partial charge >= 0.3 is 0 Å². The Kier molecular flexibility index (Phi) is 5.66. The molecule has 3 aromatic carbocycles. The maximum Gasteiger partial charge on any atom is 0.119 e. The van der Waals surface area contributed by atoms with Crippen LogP contribution < -0.4 is 0 Å². The molecule has 1 unspecified atom stereocenters. The molecule has 0 saturated heterocycles. The minimum atomic E-state index is 0.0903. The number of aromatic nitrogens is 4. The van der Waals surface area contributed by atoms with E-state index in [4.69, 9.17) is 10.2 Å². The van der Waals surface area contributed by atoms with Gasteiger partial charge in [0.05, 0.1) is 5.69 Å². The summed E-state index contributed by atoms with van der Waals surface area (Å²) in [6, 6.07) is 33.3. The summed E-state index contributed by atoms with van der Waals surface area (Å²) >= 11 is 0. The zero-order valence-electron chi connectivity index (χ0n) is 20.2. The summed E-state index contributed by atoms with van der Waals surface area (Å²) in [7, 11) is 0. The molecule has 4 nitrogen and oxygen atoms in total. The molecule has 34 heavy (non-hydrogen) atoms. The van der Waals surface area contributed by atoms with E-state index in [-0.39, 0.29) is 5.41 Å². The van der Waals surface area contributed by atoms with Crippen molar-refractivity contribution >= 4 is 0 Å². The molecule has 0 saturated carbocycles. The summed E-state index contributed by atoms with van der Waals surface area (Å²) in [5.74, 6) is 0.294. The van der Waals surface area contributed by atoms with Gasteiger partial charge in [0.15, 0.2) is 0 Å². The lowest BCUT2D eigenvalue weighted by molar-refractivity contribution is 0.329. The van der Waals surface area contributed by atoms with Crippen molar-refractivity contribution in [3.05, 3.63) is 109 Å². The molecule has 0 bridgehead atoms. The van der Waals surface area contributed by atoms with Gasteiger partial charge < -0.3 is 0 Å². The lowest BCUT2D eigenvalue weighted by Crippen LogP contribution is -2.19. The fourth-order valence-corrected chi connectivity index (χ4v) is 4.28. The van der Waals surface area contributed by atoms with E-state index < -0.39 is 0 Å². The van der Waals surface area contributed by atoms with Gasteiger partial charge in [-0.2, -0.15) is 10.2 Å². The monoisotopic (exact) mass is 446 g/mol. The highest BCUT2D eigenvalue weighted by atomic mass is 15.4. The Morgan fingerprint density at radius 1 is 0.676 bits per heavy atom. The van der Waals surface area contributed by atoms with Gasteiger partial charge in [-0.1, -0.05) is 107 Å². The van der Waals surface area contributed by atoms with E-state index in [1.165, 1.54) is 5.69 Å². The Morgan fingerprint density at radius 2 is 1.24 bits per heavy atom. The molecule has 1 atom stereocenters. The number of hydrogen-bond acceptors (Lipinski definition) is 2. The molecule has 0 spiro atoms. The first kappa shape index (κ1) is 21.9. The van der Waals surface area contributed by atoms with E-state index >= 15 is 0 Å². The van der Waals surface area contributed by atoms with E-state index in [0.717, 1.165) is 33.9 Å². The number of benzene rings is 3. The molecular weight excluding hydrogens is 416 g/mol. The van der Waals surface area contributed by atoms with Crippen molar-refractivity contribution in [2.75, 3.05) is 0 Å². The molecule has 4 heteroatoms. The smallest absolute Gasteiger partial charge is 0.119 e. The van der Waals surface area contributed by atoms with Crippen LogP contribution >= 0.6 is 0 Å². The van der Waals surface area contributed by atoms with E-state index in [1.54, 1.807) is 0 Å². The Balaban J connectivity index is 1.88. The first-order valence-corrected chi connectivity index (χ1v) is 11.8. The number of para-hydroxylation sites is 1. The van der Waals surface area contributed by atoms with Crippen molar-refractivity contribution in [2.45, 2.75) is 33.6 Å². The van der Waals surface area contributed by atoms with Crippen LogP contribution in [0.15, 0.2) is 103 Å². The van der Waals surface area contributed by atoms with Gasteiger partial charge in [0.2, 0.25) is 0 Å². The Hall–Kier alpha value is -3.92. The summed E-state index contributed by atoms with van der Waals surface area (Å²) in [5, 5.41) is 10.1. The van der Waals surface area contributed by atoms with Crippen LogP contribution in [-0.2, 0) is 0 Å². The standard InChI is InChI=1S/C30H30N4/c1-22(30(2,3)4)26-20-21-31-34(26)29-27(23-14-8-5-9-15-23)32-33(25-18-12-7-13-19-25)28(29)24-16-10-6-11-17-24/h5-22H,1-4H3. The average Bonchev–Trinajstić information content (AvgIpc) is 3.49. The number of rotatable bonds is 5. The molecular formula is C30H30N4. The molecule has 2 heterocycles. The fraction of sp³-hybridized carbons (Fsp3) is 0.200. The lowest BCUT2D eigenvalue weighted by Gasteiger charge is -2.28. The van der Waals surface area contributed by atoms with Crippen LogP contribution in [0.25, 0.3) is 33.9 Å². The van der Waals surface area contributed by atoms with Gasteiger partial charge in [-0.05, 0) is 23.6 Å². The first-order valence-electron chi connectivity index (χ1n) is 11.8. The maximum absolute atomic E-state index is 5.20. The number of nitrogens with zero attached hydrogens (tertiary/aromatic N) is 4. The minimum absolute atomic E-state index is 0.0903. The van der Waals surface area contributed by atoms with E-state index in [0.29, 0.717) is 5.92 Å². The van der Waals surface area contributed by atoms with Gasteiger partial charge in [0.25, 0.3) is 0 Å². The van der Waals surface area contributed by atoms with Crippen LogP contribution in [0.5, 0.6) is 0 Å². The quantitative estimate of drug-likeness (QED) is 0.279. The third-order valence-electron chi connectivity index (χ3n) is 6.58. The fourth-order valence-electron chi connectivity index (χ4n) is 4.28. The SMILES string of the molecule is CC(c1ccnn1-c1c(-c2ccccc2)nn(-c2ccccc2)c1-c1ccccc1)C(C)(C)C. The molecule has 5 rings (SSSR count). The largest absolute Gasteiger partial charge is 0.233 e. The van der Waals surface area contributed by atoms with Crippen LogP contribution in [0, 0.1) is 5.41 Å². The van der Waals surface area contributed by atoms with Crippen molar-refractivity contribution in [1.82, 2.24) is 19.6 Å². The predicted molar refractivity (Wildman–Crippen MR) is 139 cm³/mol. The second kappa shape index (κ2) is 8.79. The van der Waals surface area contributed by atoms with Gasteiger partial charge in [-0.15, -0.1) is 0 Å². The van der Waals surface area contributed by atoms with Crippen LogP contribution in [0.2, 0.25) is 0 Å². The highest BCUT2D eigenvalue weighted by Gasteiger charge is 2.29. The molecule has 0 radical (unpaired) electrons. The van der Waals surface area contributed by atoms with Gasteiger partial charge in [0, 0.05) is 28.9 Å². The zero-order chi connectivity index (χ0) is 23.7. The Morgan fingerprint density at radius 3 is 1.82 bits per heavy atom. The van der Waals surface area contributed by atoms with E-state index in [2.05, 4.69) is 116 Å². The molecule has 0 aliphatic carbocycles. The normalized spacial score (nSPS) is 12.6. The van der Waals surface area contributed by atoms with Crippen molar-refractivity contribution in [1.29, 1.82) is 0 Å². The van der Waals surface area contributed by atoms with Crippen LogP contribution in [-0.4, -0.2) is 19.6 Å². The first-order chi connectivity index (χ1) is 16.4. The van der Waals surface area contributed by atoms with E-state index in [9.17, 15) is 0 Å². The van der Waals surface area contributed by atoms with Gasteiger partial charge in [0.1, 0.15) is 17.1 Å². The Labute approximate surface area is 201 Å². The van der Waals surface area contributed by atoms with Gasteiger partial charge in [-0.25, -0.2) is 9.36 Å². The molecule has 0 fully saturated rings. The summed E-state index contributed by atoms with van der Waals surface area (Å²) in [5.41, 5.74) is 7.38. The zero-order valence-corrected chi connectivity index (χ0v) is 20.2. The lowest BCUT2D eigenvalue weighted by atomic mass is 9.80. The van der Waals surface area contributed by atoms with Crippen molar-refractivity contribution in [2.24, 2.45) is 5.41 Å². The average molecular weight is 447 g/mol.